The second-order valence-corrected chi connectivity index (χ2v) is 7.13. The van der Waals surface area contributed by atoms with Gasteiger partial charge in [0.25, 0.3) is 5.91 Å². The Kier molecular flexibility index (Phi) is 7.86. The number of nitrogens with one attached hydrogen (secondary N) is 1. The van der Waals surface area contributed by atoms with Crippen molar-refractivity contribution in [3.05, 3.63) is 88.4 Å². The van der Waals surface area contributed by atoms with E-state index in [2.05, 4.69) is 26.5 Å². The number of para-hydroxylation sites is 1. The summed E-state index contributed by atoms with van der Waals surface area (Å²) in [5.41, 5.74) is 4.18. The van der Waals surface area contributed by atoms with Gasteiger partial charge in [0.1, 0.15) is 23.9 Å². The molecular formula is C23H21BrN2O4. The van der Waals surface area contributed by atoms with Gasteiger partial charge in [0, 0.05) is 10.0 Å². The molecule has 6 nitrogen and oxygen atoms in total. The second kappa shape index (κ2) is 11.0. The zero-order chi connectivity index (χ0) is 21.2. The van der Waals surface area contributed by atoms with E-state index < -0.39 is 0 Å². The molecule has 0 aliphatic carbocycles. The molecule has 0 radical (unpaired) electrons. The molecule has 3 aromatic carbocycles. The lowest BCUT2D eigenvalue weighted by molar-refractivity contribution is -0.123. The van der Waals surface area contributed by atoms with Crippen LogP contribution >= 0.6 is 15.9 Å². The fraction of sp³-hybridized carbons (Fsp3) is 0.130. The van der Waals surface area contributed by atoms with Crippen LogP contribution in [0.25, 0.3) is 0 Å². The molecule has 0 aliphatic heterocycles. The van der Waals surface area contributed by atoms with E-state index in [0.29, 0.717) is 18.1 Å². The Labute approximate surface area is 183 Å². The number of ether oxygens (including phenoxy) is 3. The first kappa shape index (κ1) is 21.4. The summed E-state index contributed by atoms with van der Waals surface area (Å²) in [4.78, 5) is 11.9. The highest BCUT2D eigenvalue weighted by Crippen LogP contribution is 2.19. The summed E-state index contributed by atoms with van der Waals surface area (Å²) >= 11 is 3.35. The molecule has 154 valence electrons. The van der Waals surface area contributed by atoms with Crippen molar-refractivity contribution in [3.8, 4) is 17.2 Å². The Bertz CT molecular complexity index is 1010. The zero-order valence-corrected chi connectivity index (χ0v) is 18.0. The van der Waals surface area contributed by atoms with Crippen LogP contribution in [0.2, 0.25) is 0 Å². The number of hydrogen-bond donors (Lipinski definition) is 1. The molecule has 30 heavy (non-hydrogen) atoms. The number of rotatable bonds is 9. The molecule has 0 saturated heterocycles. The van der Waals surface area contributed by atoms with E-state index in [4.69, 9.17) is 14.2 Å². The Morgan fingerprint density at radius 3 is 2.60 bits per heavy atom. The van der Waals surface area contributed by atoms with Gasteiger partial charge in [0.15, 0.2) is 6.61 Å². The van der Waals surface area contributed by atoms with Gasteiger partial charge in [0.2, 0.25) is 0 Å². The summed E-state index contributed by atoms with van der Waals surface area (Å²) in [6.45, 7) is 0.252. The normalized spacial score (nSPS) is 10.6. The Hall–Kier alpha value is -3.32. The minimum Gasteiger partial charge on any atom is -0.497 e. The first-order valence-corrected chi connectivity index (χ1v) is 9.98. The lowest BCUT2D eigenvalue weighted by atomic mass is 10.2. The second-order valence-electron chi connectivity index (χ2n) is 6.21. The standard InChI is InChI=1S/C23H21BrN2O4/c1-28-21-7-4-5-17(13-21)15-30-22-8-3-2-6-18(22)14-25-26-23(27)16-29-20-11-9-19(24)10-12-20/h2-14H,15-16H2,1H3,(H,26,27). The first-order valence-electron chi connectivity index (χ1n) is 9.19. The fourth-order valence-electron chi connectivity index (χ4n) is 2.53. The van der Waals surface area contributed by atoms with Crippen LogP contribution in [-0.2, 0) is 11.4 Å². The van der Waals surface area contributed by atoms with Gasteiger partial charge in [-0.1, -0.05) is 40.2 Å². The monoisotopic (exact) mass is 468 g/mol. The summed E-state index contributed by atoms with van der Waals surface area (Å²) < 4.78 is 17.5. The molecule has 1 N–H and O–H groups in total. The highest BCUT2D eigenvalue weighted by Gasteiger charge is 2.04. The third-order valence-corrected chi connectivity index (χ3v) is 4.55. The van der Waals surface area contributed by atoms with Crippen LogP contribution in [0.4, 0.5) is 0 Å². The smallest absolute Gasteiger partial charge is 0.277 e. The number of amides is 1. The van der Waals surface area contributed by atoms with Gasteiger partial charge in [0.05, 0.1) is 13.3 Å². The molecule has 0 spiro atoms. The van der Waals surface area contributed by atoms with Crippen LogP contribution in [0.3, 0.4) is 0 Å². The van der Waals surface area contributed by atoms with Gasteiger partial charge >= 0.3 is 0 Å². The van der Waals surface area contributed by atoms with Crippen molar-refractivity contribution in [2.45, 2.75) is 6.61 Å². The SMILES string of the molecule is COc1cccc(COc2ccccc2C=NNC(=O)COc2ccc(Br)cc2)c1. The van der Waals surface area contributed by atoms with Crippen LogP contribution in [0.1, 0.15) is 11.1 Å². The molecule has 0 unspecified atom stereocenters. The lowest BCUT2D eigenvalue weighted by Gasteiger charge is -2.10. The van der Waals surface area contributed by atoms with Gasteiger partial charge in [-0.05, 0) is 54.1 Å². The number of nitrogens with zero attached hydrogens (tertiary/aromatic N) is 1. The topological polar surface area (TPSA) is 69.2 Å². The van der Waals surface area contributed by atoms with Crippen molar-refractivity contribution in [1.82, 2.24) is 5.43 Å². The molecule has 0 aromatic heterocycles. The number of carbonyl (C=O) groups is 1. The molecule has 0 fully saturated rings. The molecular weight excluding hydrogens is 448 g/mol. The van der Waals surface area contributed by atoms with Crippen LogP contribution in [0.15, 0.2) is 82.4 Å². The average molecular weight is 469 g/mol. The quantitative estimate of drug-likeness (QED) is 0.369. The highest BCUT2D eigenvalue weighted by molar-refractivity contribution is 9.10. The van der Waals surface area contributed by atoms with E-state index in [1.807, 2.05) is 60.7 Å². The van der Waals surface area contributed by atoms with Crippen LogP contribution in [0, 0.1) is 0 Å². The van der Waals surface area contributed by atoms with Crippen molar-refractivity contribution in [1.29, 1.82) is 0 Å². The van der Waals surface area contributed by atoms with E-state index in [9.17, 15) is 4.79 Å². The molecule has 0 bridgehead atoms. The van der Waals surface area contributed by atoms with Crippen molar-refractivity contribution in [2.24, 2.45) is 5.10 Å². The van der Waals surface area contributed by atoms with Gasteiger partial charge in [-0.2, -0.15) is 5.10 Å². The van der Waals surface area contributed by atoms with Gasteiger partial charge in [-0.15, -0.1) is 0 Å². The molecule has 3 aromatic rings. The van der Waals surface area contributed by atoms with Crippen molar-refractivity contribution in [3.63, 3.8) is 0 Å². The van der Waals surface area contributed by atoms with Gasteiger partial charge in [-0.3, -0.25) is 4.79 Å². The summed E-state index contributed by atoms with van der Waals surface area (Å²) in [6, 6.07) is 22.4. The molecule has 0 saturated carbocycles. The molecule has 3 rings (SSSR count). The number of benzene rings is 3. The van der Waals surface area contributed by atoms with Gasteiger partial charge in [-0.25, -0.2) is 5.43 Å². The molecule has 0 heterocycles. The summed E-state index contributed by atoms with van der Waals surface area (Å²) in [5.74, 6) is 1.68. The van der Waals surface area contributed by atoms with E-state index >= 15 is 0 Å². The van der Waals surface area contributed by atoms with Crippen LogP contribution in [-0.4, -0.2) is 25.8 Å². The van der Waals surface area contributed by atoms with Crippen molar-refractivity contribution < 1.29 is 19.0 Å². The minimum absolute atomic E-state index is 0.132. The minimum atomic E-state index is -0.357. The van der Waals surface area contributed by atoms with Crippen molar-refractivity contribution in [2.75, 3.05) is 13.7 Å². The van der Waals surface area contributed by atoms with E-state index in [1.54, 1.807) is 25.5 Å². The largest absolute Gasteiger partial charge is 0.497 e. The third-order valence-electron chi connectivity index (χ3n) is 4.02. The molecule has 1 amide bonds. The van der Waals surface area contributed by atoms with E-state index in [0.717, 1.165) is 21.3 Å². The van der Waals surface area contributed by atoms with Crippen molar-refractivity contribution >= 4 is 28.1 Å². The highest BCUT2D eigenvalue weighted by atomic mass is 79.9. The third kappa shape index (κ3) is 6.63. The predicted octanol–water partition coefficient (Wildman–Crippen LogP) is 4.57. The number of halogens is 1. The van der Waals surface area contributed by atoms with E-state index in [1.165, 1.54) is 0 Å². The molecule has 7 heteroatoms. The number of methoxy groups -OCH3 is 1. The summed E-state index contributed by atoms with van der Waals surface area (Å²) in [5, 5.41) is 4.00. The summed E-state index contributed by atoms with van der Waals surface area (Å²) in [6.07, 6.45) is 1.54. The first-order chi connectivity index (χ1) is 14.6. The Balaban J connectivity index is 1.52. The van der Waals surface area contributed by atoms with Gasteiger partial charge < -0.3 is 14.2 Å². The number of hydrogen-bond acceptors (Lipinski definition) is 5. The molecule has 0 aliphatic rings. The zero-order valence-electron chi connectivity index (χ0n) is 16.4. The Morgan fingerprint density at radius 1 is 1.00 bits per heavy atom. The Morgan fingerprint density at radius 2 is 1.80 bits per heavy atom. The number of hydrazone groups is 1. The van der Waals surface area contributed by atoms with Crippen LogP contribution in [0.5, 0.6) is 17.2 Å². The van der Waals surface area contributed by atoms with Crippen LogP contribution < -0.4 is 19.6 Å². The maximum Gasteiger partial charge on any atom is 0.277 e. The maximum atomic E-state index is 11.9. The average Bonchev–Trinajstić information content (AvgIpc) is 2.78. The summed E-state index contributed by atoms with van der Waals surface area (Å²) in [7, 11) is 1.63. The fourth-order valence-corrected chi connectivity index (χ4v) is 2.79. The molecule has 0 atom stereocenters. The predicted molar refractivity (Wildman–Crippen MR) is 119 cm³/mol. The lowest BCUT2D eigenvalue weighted by Crippen LogP contribution is -2.24. The van der Waals surface area contributed by atoms with E-state index in [-0.39, 0.29) is 12.5 Å². The number of carbonyl (C=O) groups excluding carboxylic acids is 1. The maximum absolute atomic E-state index is 11.9.